The molecule has 132 valence electrons. The third kappa shape index (κ3) is 3.02. The molecule has 24 heavy (non-hydrogen) atoms. The number of alkyl halides is 1. The van der Waals surface area contributed by atoms with Gasteiger partial charge in [0.25, 0.3) is 0 Å². The van der Waals surface area contributed by atoms with Crippen molar-refractivity contribution < 1.29 is 9.90 Å². The average Bonchev–Trinajstić information content (AvgIpc) is 2.76. The number of aryl methyl sites for hydroxylation is 1. The highest BCUT2D eigenvalue weighted by Crippen LogP contribution is 2.41. The van der Waals surface area contributed by atoms with Crippen LogP contribution in [0.1, 0.15) is 5.56 Å². The molecule has 0 bridgehead atoms. The Morgan fingerprint density at radius 2 is 1.79 bits per heavy atom. The second-order valence-corrected chi connectivity index (χ2v) is 7.64. The first-order valence-corrected chi connectivity index (χ1v) is 9.04. The summed E-state index contributed by atoms with van der Waals surface area (Å²) in [6.07, 6.45) is -1.08. The Morgan fingerprint density at radius 3 is 2.42 bits per heavy atom. The van der Waals surface area contributed by atoms with Crippen molar-refractivity contribution in [1.82, 2.24) is 9.80 Å². The molecule has 1 amide bonds. The number of rotatable bonds is 2. The Labute approximate surface area is 156 Å². The van der Waals surface area contributed by atoms with Crippen LogP contribution in [0.2, 0.25) is 10.0 Å². The zero-order valence-electron chi connectivity index (χ0n) is 13.5. The molecule has 1 aromatic rings. The van der Waals surface area contributed by atoms with Gasteiger partial charge in [-0.3, -0.25) is 14.6 Å². The van der Waals surface area contributed by atoms with E-state index < -0.39 is 17.6 Å². The molecule has 0 radical (unpaired) electrons. The van der Waals surface area contributed by atoms with Crippen LogP contribution in [0.15, 0.2) is 12.1 Å². The molecule has 0 saturated carbocycles. The maximum atomic E-state index is 12.7. The van der Waals surface area contributed by atoms with Gasteiger partial charge in [-0.15, -0.1) is 11.6 Å². The topological polar surface area (TPSA) is 47.0 Å². The van der Waals surface area contributed by atoms with Crippen molar-refractivity contribution in [2.75, 3.05) is 38.1 Å². The molecule has 2 fully saturated rings. The minimum Gasteiger partial charge on any atom is -0.371 e. The lowest BCUT2D eigenvalue weighted by atomic mass is 10.1. The lowest BCUT2D eigenvalue weighted by Crippen LogP contribution is -2.55. The van der Waals surface area contributed by atoms with Gasteiger partial charge in [0.2, 0.25) is 5.91 Å². The monoisotopic (exact) mass is 391 g/mol. The summed E-state index contributed by atoms with van der Waals surface area (Å²) in [6.45, 7) is 5.06. The van der Waals surface area contributed by atoms with Gasteiger partial charge in [-0.05, 0) is 25.6 Å². The number of halogens is 3. The van der Waals surface area contributed by atoms with Gasteiger partial charge in [-0.1, -0.05) is 29.3 Å². The molecule has 0 aromatic heterocycles. The van der Waals surface area contributed by atoms with Gasteiger partial charge < -0.3 is 10.0 Å². The van der Waals surface area contributed by atoms with E-state index >= 15 is 0 Å². The Morgan fingerprint density at radius 1 is 1.17 bits per heavy atom. The number of aliphatic hydroxyl groups excluding tert-OH is 1. The molecule has 3 atom stereocenters. The number of carbonyl (C=O) groups is 1. The molecule has 2 saturated heterocycles. The molecule has 0 spiro atoms. The summed E-state index contributed by atoms with van der Waals surface area (Å²) in [6, 6.07) is 2.96. The fourth-order valence-electron chi connectivity index (χ4n) is 3.31. The Hall–Kier alpha value is -0.560. The van der Waals surface area contributed by atoms with Crippen molar-refractivity contribution in [2.24, 2.45) is 0 Å². The van der Waals surface area contributed by atoms with Crippen LogP contribution in [0.4, 0.5) is 5.69 Å². The smallest absolute Gasteiger partial charge is 0.249 e. The second-order valence-electron chi connectivity index (χ2n) is 6.38. The molecule has 8 heteroatoms. The van der Waals surface area contributed by atoms with E-state index in [1.807, 2.05) is 14.0 Å². The van der Waals surface area contributed by atoms with Gasteiger partial charge in [-0.25, -0.2) is 0 Å². The quantitative estimate of drug-likeness (QED) is 0.784. The van der Waals surface area contributed by atoms with E-state index in [9.17, 15) is 9.90 Å². The molecule has 5 nitrogen and oxygen atoms in total. The number of hydrogen-bond donors (Lipinski definition) is 1. The van der Waals surface area contributed by atoms with Crippen molar-refractivity contribution in [1.29, 1.82) is 0 Å². The largest absolute Gasteiger partial charge is 0.371 e. The van der Waals surface area contributed by atoms with Crippen molar-refractivity contribution in [3.63, 3.8) is 0 Å². The van der Waals surface area contributed by atoms with Crippen molar-refractivity contribution in [2.45, 2.75) is 24.6 Å². The van der Waals surface area contributed by atoms with E-state index in [0.717, 1.165) is 31.7 Å². The first-order valence-electron chi connectivity index (χ1n) is 7.85. The average molecular weight is 393 g/mol. The van der Waals surface area contributed by atoms with E-state index in [1.54, 1.807) is 12.1 Å². The summed E-state index contributed by atoms with van der Waals surface area (Å²) in [5, 5.41) is 10.7. The van der Waals surface area contributed by atoms with Gasteiger partial charge in [0.05, 0.1) is 21.8 Å². The normalized spacial score (nSPS) is 29.5. The highest BCUT2D eigenvalue weighted by Gasteiger charge is 2.51. The van der Waals surface area contributed by atoms with Crippen LogP contribution in [0.25, 0.3) is 0 Å². The predicted molar refractivity (Wildman–Crippen MR) is 97.2 cm³/mol. The summed E-state index contributed by atoms with van der Waals surface area (Å²) >= 11 is 19.0. The molecular formula is C16H20Cl3N3O2. The Balaban J connectivity index is 1.94. The van der Waals surface area contributed by atoms with E-state index in [2.05, 4.69) is 9.80 Å². The number of nitrogens with zero attached hydrogens (tertiary/aromatic N) is 3. The van der Waals surface area contributed by atoms with Gasteiger partial charge in [-0.2, -0.15) is 0 Å². The van der Waals surface area contributed by atoms with E-state index in [0.29, 0.717) is 15.7 Å². The van der Waals surface area contributed by atoms with Gasteiger partial charge in [0.15, 0.2) is 6.23 Å². The SMILES string of the molecule is Cc1ccc(Cl)c(N2C(=O)C(Cl)C(N3CCN(C)CC3)C2O)c1Cl. The van der Waals surface area contributed by atoms with Gasteiger partial charge in [0, 0.05) is 26.2 Å². The number of piperazine rings is 1. The summed E-state index contributed by atoms with van der Waals surface area (Å²) < 4.78 is 0. The van der Waals surface area contributed by atoms with Crippen molar-refractivity contribution in [3.05, 3.63) is 27.7 Å². The fraction of sp³-hybridized carbons (Fsp3) is 0.562. The van der Waals surface area contributed by atoms with Gasteiger partial charge in [0.1, 0.15) is 5.38 Å². The summed E-state index contributed by atoms with van der Waals surface area (Å²) in [5.41, 5.74) is 1.11. The van der Waals surface area contributed by atoms with E-state index in [4.69, 9.17) is 34.8 Å². The minimum atomic E-state index is -1.08. The van der Waals surface area contributed by atoms with E-state index in [-0.39, 0.29) is 5.91 Å². The molecule has 1 N–H and O–H groups in total. The standard InChI is InChI=1S/C16H20Cl3N3O2/c1-9-3-4-10(17)13(11(9)18)22-15(23)12(19)14(16(22)24)21-7-5-20(2)6-8-21/h3-4,12,14,16,24H,5-8H2,1-2H3. The third-order valence-electron chi connectivity index (χ3n) is 4.80. The van der Waals surface area contributed by atoms with Gasteiger partial charge >= 0.3 is 0 Å². The lowest BCUT2D eigenvalue weighted by Gasteiger charge is -2.38. The number of amides is 1. The first kappa shape index (κ1) is 18.2. The highest BCUT2D eigenvalue weighted by molar-refractivity contribution is 6.42. The zero-order chi connectivity index (χ0) is 17.6. The maximum Gasteiger partial charge on any atom is 0.249 e. The molecule has 1 aromatic carbocycles. The van der Waals surface area contributed by atoms with Crippen LogP contribution in [-0.4, -0.2) is 71.7 Å². The summed E-state index contributed by atoms with van der Waals surface area (Å²) in [5.74, 6) is -0.373. The number of hydrogen-bond acceptors (Lipinski definition) is 4. The zero-order valence-corrected chi connectivity index (χ0v) is 15.8. The Bertz CT molecular complexity index is 650. The molecule has 0 aliphatic carbocycles. The number of likely N-dealkylation sites (N-methyl/N-ethyl adjacent to an activating group) is 1. The molecule has 3 rings (SSSR count). The maximum absolute atomic E-state index is 12.7. The van der Waals surface area contributed by atoms with Crippen LogP contribution in [-0.2, 0) is 4.79 Å². The molecule has 2 aliphatic heterocycles. The third-order valence-corrected chi connectivity index (χ3v) is 6.03. The summed E-state index contributed by atoms with van der Waals surface area (Å²) in [4.78, 5) is 18.2. The molecule has 2 heterocycles. The van der Waals surface area contributed by atoms with Crippen LogP contribution in [0.5, 0.6) is 0 Å². The number of aliphatic hydroxyl groups is 1. The minimum absolute atomic E-state index is 0.320. The predicted octanol–water partition coefficient (Wildman–Crippen LogP) is 2.19. The fourth-order valence-corrected chi connectivity index (χ4v) is 4.26. The van der Waals surface area contributed by atoms with Crippen LogP contribution < -0.4 is 4.90 Å². The van der Waals surface area contributed by atoms with Crippen LogP contribution in [0.3, 0.4) is 0 Å². The lowest BCUT2D eigenvalue weighted by molar-refractivity contribution is -0.117. The number of anilines is 1. The Kier molecular flexibility index (Phi) is 5.30. The molecular weight excluding hydrogens is 373 g/mol. The van der Waals surface area contributed by atoms with Crippen molar-refractivity contribution in [3.8, 4) is 0 Å². The van der Waals surface area contributed by atoms with E-state index in [1.165, 1.54) is 4.90 Å². The van der Waals surface area contributed by atoms with Crippen LogP contribution in [0, 0.1) is 6.92 Å². The van der Waals surface area contributed by atoms with Crippen LogP contribution >= 0.6 is 34.8 Å². The summed E-state index contributed by atoms with van der Waals surface area (Å²) in [7, 11) is 2.05. The number of benzene rings is 1. The molecule has 2 aliphatic rings. The molecule has 3 unspecified atom stereocenters. The second kappa shape index (κ2) is 6.98. The van der Waals surface area contributed by atoms with Crippen molar-refractivity contribution >= 4 is 46.4 Å². The first-order chi connectivity index (χ1) is 11.3. The number of carbonyl (C=O) groups excluding carboxylic acids is 1. The highest BCUT2D eigenvalue weighted by atomic mass is 35.5.